The van der Waals surface area contributed by atoms with Crippen LogP contribution in [0.2, 0.25) is 0 Å². The van der Waals surface area contributed by atoms with Crippen molar-refractivity contribution in [1.82, 2.24) is 10.6 Å². The van der Waals surface area contributed by atoms with E-state index < -0.39 is 5.82 Å². The maximum Gasteiger partial charge on any atom is 0.251 e. The van der Waals surface area contributed by atoms with Crippen LogP contribution in [0.4, 0.5) is 4.39 Å². The first-order valence-electron chi connectivity index (χ1n) is 7.79. The van der Waals surface area contributed by atoms with E-state index >= 15 is 0 Å². The maximum absolute atomic E-state index is 13.5. The fourth-order valence-corrected chi connectivity index (χ4v) is 2.28. The van der Waals surface area contributed by atoms with Gasteiger partial charge in [0.25, 0.3) is 11.8 Å². The Hall–Kier alpha value is -2.69. The van der Waals surface area contributed by atoms with Gasteiger partial charge in [0.1, 0.15) is 5.82 Å². The summed E-state index contributed by atoms with van der Waals surface area (Å²) in [5, 5.41) is 5.42. The summed E-state index contributed by atoms with van der Waals surface area (Å²) in [6.45, 7) is 6.06. The van der Waals surface area contributed by atoms with Crippen molar-refractivity contribution in [2.24, 2.45) is 0 Å². The predicted molar refractivity (Wildman–Crippen MR) is 91.7 cm³/mol. The molecule has 2 aromatic rings. The number of hydrogen-bond donors (Lipinski definition) is 2. The molecular formula is C19H21FN2O2. The molecule has 0 aromatic heterocycles. The van der Waals surface area contributed by atoms with Gasteiger partial charge in [-0.1, -0.05) is 18.2 Å². The predicted octanol–water partition coefficient (Wildman–Crippen LogP) is 2.91. The van der Waals surface area contributed by atoms with E-state index in [0.717, 1.165) is 11.1 Å². The van der Waals surface area contributed by atoms with Crippen molar-refractivity contribution in [3.05, 3.63) is 70.0 Å². The van der Waals surface area contributed by atoms with Crippen LogP contribution in [0, 0.1) is 26.6 Å². The second kappa shape index (κ2) is 7.73. The van der Waals surface area contributed by atoms with Gasteiger partial charge < -0.3 is 10.6 Å². The van der Waals surface area contributed by atoms with E-state index in [1.165, 1.54) is 6.07 Å². The zero-order valence-corrected chi connectivity index (χ0v) is 14.1. The highest BCUT2D eigenvalue weighted by molar-refractivity contribution is 5.96. The molecule has 0 spiro atoms. The van der Waals surface area contributed by atoms with E-state index in [1.807, 2.05) is 26.0 Å². The second-order valence-corrected chi connectivity index (χ2v) is 5.72. The van der Waals surface area contributed by atoms with E-state index in [9.17, 15) is 14.0 Å². The Bertz CT molecular complexity index is 772. The van der Waals surface area contributed by atoms with Gasteiger partial charge in [0.05, 0.1) is 0 Å². The molecule has 0 aliphatic heterocycles. The van der Waals surface area contributed by atoms with Crippen LogP contribution >= 0.6 is 0 Å². The zero-order valence-electron chi connectivity index (χ0n) is 14.1. The van der Waals surface area contributed by atoms with Crippen molar-refractivity contribution in [3.8, 4) is 0 Å². The Morgan fingerprint density at radius 3 is 2.25 bits per heavy atom. The molecule has 4 nitrogen and oxygen atoms in total. The van der Waals surface area contributed by atoms with Gasteiger partial charge >= 0.3 is 0 Å². The second-order valence-electron chi connectivity index (χ2n) is 5.72. The summed E-state index contributed by atoms with van der Waals surface area (Å²) in [5.74, 6) is -0.951. The summed E-state index contributed by atoms with van der Waals surface area (Å²) >= 11 is 0. The molecule has 0 bridgehead atoms. The lowest BCUT2D eigenvalue weighted by atomic mass is 10.0. The molecule has 2 N–H and O–H groups in total. The van der Waals surface area contributed by atoms with Gasteiger partial charge in [-0.15, -0.1) is 0 Å². The SMILES string of the molecule is Cc1ccc(C(=O)NCCNC(=O)c2cccc(C)c2C)cc1F. The minimum atomic E-state index is -0.411. The fourth-order valence-electron chi connectivity index (χ4n) is 2.28. The highest BCUT2D eigenvalue weighted by Gasteiger charge is 2.10. The first-order valence-corrected chi connectivity index (χ1v) is 7.79. The number of aryl methyl sites for hydroxylation is 2. The van der Waals surface area contributed by atoms with Gasteiger partial charge in [-0.05, 0) is 55.7 Å². The number of carbonyl (C=O) groups is 2. The van der Waals surface area contributed by atoms with Crippen LogP contribution in [0.15, 0.2) is 36.4 Å². The molecule has 0 radical (unpaired) electrons. The molecule has 0 fully saturated rings. The monoisotopic (exact) mass is 328 g/mol. The molecule has 2 amide bonds. The summed E-state index contributed by atoms with van der Waals surface area (Å²) in [6.07, 6.45) is 0. The van der Waals surface area contributed by atoms with E-state index in [-0.39, 0.29) is 23.9 Å². The number of rotatable bonds is 5. The lowest BCUT2D eigenvalue weighted by Crippen LogP contribution is -2.35. The lowest BCUT2D eigenvalue weighted by Gasteiger charge is -2.10. The largest absolute Gasteiger partial charge is 0.350 e. The van der Waals surface area contributed by atoms with Crippen molar-refractivity contribution in [3.63, 3.8) is 0 Å². The van der Waals surface area contributed by atoms with Crippen LogP contribution in [0.3, 0.4) is 0 Å². The molecule has 5 heteroatoms. The number of benzene rings is 2. The van der Waals surface area contributed by atoms with E-state index in [4.69, 9.17) is 0 Å². The smallest absolute Gasteiger partial charge is 0.251 e. The molecule has 0 saturated heterocycles. The van der Waals surface area contributed by atoms with Crippen LogP contribution in [-0.2, 0) is 0 Å². The van der Waals surface area contributed by atoms with Crippen molar-refractivity contribution >= 4 is 11.8 Å². The Balaban J connectivity index is 1.84. The summed E-state index contributed by atoms with van der Waals surface area (Å²) in [5.41, 5.74) is 3.37. The quantitative estimate of drug-likeness (QED) is 0.829. The molecule has 2 aromatic carbocycles. The molecular weight excluding hydrogens is 307 g/mol. The maximum atomic E-state index is 13.5. The lowest BCUT2D eigenvalue weighted by molar-refractivity contribution is 0.0927. The van der Waals surface area contributed by atoms with Crippen LogP contribution in [0.5, 0.6) is 0 Å². The average Bonchev–Trinajstić information content (AvgIpc) is 2.56. The minimum absolute atomic E-state index is 0.174. The molecule has 0 aliphatic rings. The zero-order chi connectivity index (χ0) is 17.7. The van der Waals surface area contributed by atoms with E-state index in [1.54, 1.807) is 25.1 Å². The third-order valence-corrected chi connectivity index (χ3v) is 3.98. The number of amides is 2. The standard InChI is InChI=1S/C19H21FN2O2/c1-12-5-4-6-16(14(12)3)19(24)22-10-9-21-18(23)15-8-7-13(2)17(20)11-15/h4-8,11H,9-10H2,1-3H3,(H,21,23)(H,22,24). The highest BCUT2D eigenvalue weighted by Crippen LogP contribution is 2.12. The van der Waals surface area contributed by atoms with Gasteiger partial charge in [0.2, 0.25) is 0 Å². The Morgan fingerprint density at radius 2 is 1.58 bits per heavy atom. The van der Waals surface area contributed by atoms with Crippen LogP contribution in [0.1, 0.15) is 37.4 Å². The number of carbonyl (C=O) groups excluding carboxylic acids is 2. The summed E-state index contributed by atoms with van der Waals surface area (Å²) in [6, 6.07) is 9.90. The van der Waals surface area contributed by atoms with Gasteiger partial charge in [-0.2, -0.15) is 0 Å². The number of halogens is 1. The fraction of sp³-hybridized carbons (Fsp3) is 0.263. The van der Waals surface area contributed by atoms with Gasteiger partial charge in [-0.25, -0.2) is 4.39 Å². The third-order valence-electron chi connectivity index (χ3n) is 3.98. The van der Waals surface area contributed by atoms with Gasteiger partial charge in [0, 0.05) is 24.2 Å². The van der Waals surface area contributed by atoms with Crippen molar-refractivity contribution < 1.29 is 14.0 Å². The van der Waals surface area contributed by atoms with Crippen LogP contribution < -0.4 is 10.6 Å². The highest BCUT2D eigenvalue weighted by atomic mass is 19.1. The molecule has 24 heavy (non-hydrogen) atoms. The Kier molecular flexibility index (Phi) is 5.68. The third kappa shape index (κ3) is 4.19. The molecule has 0 heterocycles. The Labute approximate surface area is 141 Å². The molecule has 126 valence electrons. The van der Waals surface area contributed by atoms with Gasteiger partial charge in [-0.3, -0.25) is 9.59 Å². The molecule has 2 rings (SSSR count). The van der Waals surface area contributed by atoms with Crippen molar-refractivity contribution in [1.29, 1.82) is 0 Å². The molecule has 0 saturated carbocycles. The molecule has 0 unspecified atom stereocenters. The normalized spacial score (nSPS) is 10.3. The summed E-state index contributed by atoms with van der Waals surface area (Å²) in [7, 11) is 0. The topological polar surface area (TPSA) is 58.2 Å². The van der Waals surface area contributed by atoms with Crippen molar-refractivity contribution in [2.45, 2.75) is 20.8 Å². The Morgan fingerprint density at radius 1 is 0.917 bits per heavy atom. The summed E-state index contributed by atoms with van der Waals surface area (Å²) in [4.78, 5) is 24.1. The number of nitrogens with one attached hydrogen (secondary N) is 2. The number of hydrogen-bond acceptors (Lipinski definition) is 2. The summed E-state index contributed by atoms with van der Waals surface area (Å²) < 4.78 is 13.5. The molecule has 0 aliphatic carbocycles. The minimum Gasteiger partial charge on any atom is -0.350 e. The van der Waals surface area contributed by atoms with E-state index in [0.29, 0.717) is 17.7 Å². The van der Waals surface area contributed by atoms with Crippen molar-refractivity contribution in [2.75, 3.05) is 13.1 Å². The first-order chi connectivity index (χ1) is 11.4. The first kappa shape index (κ1) is 17.7. The van der Waals surface area contributed by atoms with E-state index in [2.05, 4.69) is 10.6 Å². The van der Waals surface area contributed by atoms with Crippen LogP contribution in [0.25, 0.3) is 0 Å². The van der Waals surface area contributed by atoms with Gasteiger partial charge in [0.15, 0.2) is 0 Å². The molecule has 0 atom stereocenters. The average molecular weight is 328 g/mol. The van der Waals surface area contributed by atoms with Crippen LogP contribution in [-0.4, -0.2) is 24.9 Å².